The molecule has 1 N–H and O–H groups in total. The molecule has 21 heavy (non-hydrogen) atoms. The van der Waals surface area contributed by atoms with Crippen LogP contribution < -0.4 is 14.8 Å². The summed E-state index contributed by atoms with van der Waals surface area (Å²) in [6.07, 6.45) is 3.21. The van der Waals surface area contributed by atoms with E-state index in [1.54, 1.807) is 13.2 Å². The Balaban J connectivity index is 1.77. The van der Waals surface area contributed by atoms with E-state index >= 15 is 0 Å². The second-order valence-corrected chi connectivity index (χ2v) is 5.18. The smallest absolute Gasteiger partial charge is 0.240 e. The molecule has 5 heteroatoms. The van der Waals surface area contributed by atoms with Gasteiger partial charge in [0.05, 0.1) is 19.7 Å². The molecule has 0 saturated heterocycles. The number of carbonyl (C=O) groups excluding carboxylic acids is 1. The van der Waals surface area contributed by atoms with E-state index in [9.17, 15) is 10.1 Å². The van der Waals surface area contributed by atoms with Crippen molar-refractivity contribution in [2.24, 2.45) is 5.41 Å². The molecule has 0 spiro atoms. The van der Waals surface area contributed by atoms with Gasteiger partial charge in [-0.1, -0.05) is 18.9 Å². The number of methoxy groups -OCH3 is 1. The predicted molar refractivity (Wildman–Crippen MR) is 78.0 cm³/mol. The van der Waals surface area contributed by atoms with E-state index in [-0.39, 0.29) is 5.91 Å². The molecule has 1 amide bonds. The van der Waals surface area contributed by atoms with Crippen LogP contribution in [0.5, 0.6) is 11.5 Å². The van der Waals surface area contributed by atoms with Gasteiger partial charge in [0, 0.05) is 6.07 Å². The highest BCUT2D eigenvalue weighted by Crippen LogP contribution is 2.37. The van der Waals surface area contributed by atoms with Gasteiger partial charge in [0.1, 0.15) is 23.5 Å². The largest absolute Gasteiger partial charge is 0.497 e. The quantitative estimate of drug-likeness (QED) is 0.815. The number of ether oxygens (including phenoxy) is 2. The monoisotopic (exact) mass is 288 g/mol. The Morgan fingerprint density at radius 2 is 2.10 bits per heavy atom. The molecule has 0 radical (unpaired) electrons. The molecule has 0 unspecified atom stereocenters. The summed E-state index contributed by atoms with van der Waals surface area (Å²) in [7, 11) is 1.60. The molecule has 0 heterocycles. The van der Waals surface area contributed by atoms with Crippen molar-refractivity contribution >= 4 is 5.91 Å². The maximum Gasteiger partial charge on any atom is 0.240 e. The van der Waals surface area contributed by atoms with Crippen LogP contribution in [0.15, 0.2) is 24.3 Å². The highest BCUT2D eigenvalue weighted by molar-refractivity contribution is 5.85. The number of carbonyl (C=O) groups is 1. The molecule has 1 saturated carbocycles. The molecule has 112 valence electrons. The number of nitrogens with zero attached hydrogens (tertiary/aromatic N) is 1. The molecule has 1 aromatic rings. The fourth-order valence-corrected chi connectivity index (χ4v) is 2.56. The van der Waals surface area contributed by atoms with Crippen LogP contribution >= 0.6 is 0 Å². The van der Waals surface area contributed by atoms with Gasteiger partial charge < -0.3 is 14.8 Å². The Morgan fingerprint density at radius 1 is 1.38 bits per heavy atom. The van der Waals surface area contributed by atoms with E-state index in [0.717, 1.165) is 18.6 Å². The van der Waals surface area contributed by atoms with Gasteiger partial charge in [-0.2, -0.15) is 5.26 Å². The first-order valence-electron chi connectivity index (χ1n) is 7.16. The van der Waals surface area contributed by atoms with Crippen molar-refractivity contribution in [3.8, 4) is 17.6 Å². The highest BCUT2D eigenvalue weighted by atomic mass is 16.5. The Bertz CT molecular complexity index is 531. The standard InChI is InChI=1S/C16H20N2O3/c1-20-13-5-4-6-14(11-13)21-10-9-18-15(19)16(12-17)7-2-3-8-16/h4-6,11H,2-3,7-10H2,1H3,(H,18,19). The van der Waals surface area contributed by atoms with Crippen LogP contribution in [-0.2, 0) is 4.79 Å². The molecule has 1 aliphatic rings. The first kappa shape index (κ1) is 15.2. The normalized spacial score (nSPS) is 16.0. The van der Waals surface area contributed by atoms with Crippen molar-refractivity contribution in [1.82, 2.24) is 5.32 Å². The Kier molecular flexibility index (Phi) is 5.04. The molecule has 1 fully saturated rings. The minimum absolute atomic E-state index is 0.170. The lowest BCUT2D eigenvalue weighted by atomic mass is 9.87. The molecule has 2 rings (SSSR count). The first-order valence-corrected chi connectivity index (χ1v) is 7.16. The minimum atomic E-state index is -0.823. The van der Waals surface area contributed by atoms with Gasteiger partial charge in [-0.3, -0.25) is 4.79 Å². The SMILES string of the molecule is COc1cccc(OCCNC(=O)C2(C#N)CCCC2)c1. The average molecular weight is 288 g/mol. The van der Waals surface area contributed by atoms with Gasteiger partial charge in [-0.15, -0.1) is 0 Å². The van der Waals surface area contributed by atoms with Crippen LogP contribution in [0.25, 0.3) is 0 Å². The van der Waals surface area contributed by atoms with E-state index in [4.69, 9.17) is 9.47 Å². The van der Waals surface area contributed by atoms with Crippen molar-refractivity contribution in [2.45, 2.75) is 25.7 Å². The van der Waals surface area contributed by atoms with Crippen molar-refractivity contribution < 1.29 is 14.3 Å². The molecule has 0 aliphatic heterocycles. The summed E-state index contributed by atoms with van der Waals surface area (Å²) >= 11 is 0. The third-order valence-electron chi connectivity index (χ3n) is 3.80. The Labute approximate surface area is 124 Å². The van der Waals surface area contributed by atoms with E-state index < -0.39 is 5.41 Å². The van der Waals surface area contributed by atoms with Crippen molar-refractivity contribution in [3.05, 3.63) is 24.3 Å². The van der Waals surface area contributed by atoms with Crippen LogP contribution in [-0.4, -0.2) is 26.2 Å². The van der Waals surface area contributed by atoms with E-state index in [2.05, 4.69) is 11.4 Å². The topological polar surface area (TPSA) is 71.3 Å². The zero-order valence-electron chi connectivity index (χ0n) is 12.2. The maximum atomic E-state index is 12.1. The minimum Gasteiger partial charge on any atom is -0.497 e. The van der Waals surface area contributed by atoms with Crippen molar-refractivity contribution in [1.29, 1.82) is 5.26 Å². The molecule has 0 bridgehead atoms. The number of benzene rings is 1. The number of hydrogen-bond donors (Lipinski definition) is 1. The summed E-state index contributed by atoms with van der Waals surface area (Å²) in [5.74, 6) is 1.25. The second-order valence-electron chi connectivity index (χ2n) is 5.18. The molecule has 1 aliphatic carbocycles. The third-order valence-corrected chi connectivity index (χ3v) is 3.80. The molecule has 1 aromatic carbocycles. The lowest BCUT2D eigenvalue weighted by molar-refractivity contribution is -0.128. The Hall–Kier alpha value is -2.22. The summed E-state index contributed by atoms with van der Waals surface area (Å²) in [6.45, 7) is 0.750. The van der Waals surface area contributed by atoms with Gasteiger partial charge in [0.15, 0.2) is 0 Å². The summed E-state index contributed by atoms with van der Waals surface area (Å²) in [6, 6.07) is 9.48. The number of nitriles is 1. The van der Waals surface area contributed by atoms with Crippen molar-refractivity contribution in [2.75, 3.05) is 20.3 Å². The Morgan fingerprint density at radius 3 is 2.76 bits per heavy atom. The van der Waals surface area contributed by atoms with Gasteiger partial charge in [-0.25, -0.2) is 0 Å². The van der Waals surface area contributed by atoms with Gasteiger partial charge in [0.25, 0.3) is 0 Å². The van der Waals surface area contributed by atoms with E-state index in [1.807, 2.05) is 18.2 Å². The molecule has 0 aromatic heterocycles. The number of amides is 1. The summed E-state index contributed by atoms with van der Waals surface area (Å²) in [5, 5.41) is 12.0. The summed E-state index contributed by atoms with van der Waals surface area (Å²) < 4.78 is 10.7. The van der Waals surface area contributed by atoms with E-state index in [1.165, 1.54) is 0 Å². The van der Waals surface area contributed by atoms with E-state index in [0.29, 0.717) is 31.7 Å². The lowest BCUT2D eigenvalue weighted by Gasteiger charge is -2.19. The fraction of sp³-hybridized carbons (Fsp3) is 0.500. The lowest BCUT2D eigenvalue weighted by Crippen LogP contribution is -2.40. The fourth-order valence-electron chi connectivity index (χ4n) is 2.56. The van der Waals surface area contributed by atoms with Gasteiger partial charge in [0.2, 0.25) is 5.91 Å². The zero-order chi connectivity index (χ0) is 15.1. The summed E-state index contributed by atoms with van der Waals surface area (Å²) in [5.41, 5.74) is -0.823. The van der Waals surface area contributed by atoms with Crippen LogP contribution in [0.3, 0.4) is 0 Å². The highest BCUT2D eigenvalue weighted by Gasteiger charge is 2.41. The van der Waals surface area contributed by atoms with Crippen LogP contribution in [0.2, 0.25) is 0 Å². The predicted octanol–water partition coefficient (Wildman–Crippen LogP) is 2.27. The number of rotatable bonds is 6. The second kappa shape index (κ2) is 6.98. The van der Waals surface area contributed by atoms with Gasteiger partial charge in [-0.05, 0) is 25.0 Å². The van der Waals surface area contributed by atoms with Crippen LogP contribution in [0.4, 0.5) is 0 Å². The van der Waals surface area contributed by atoms with Crippen LogP contribution in [0, 0.1) is 16.7 Å². The number of hydrogen-bond acceptors (Lipinski definition) is 4. The average Bonchev–Trinajstić information content (AvgIpc) is 3.02. The van der Waals surface area contributed by atoms with Crippen LogP contribution in [0.1, 0.15) is 25.7 Å². The molecular weight excluding hydrogens is 268 g/mol. The molecule has 5 nitrogen and oxygen atoms in total. The maximum absolute atomic E-state index is 12.1. The van der Waals surface area contributed by atoms with Gasteiger partial charge >= 0.3 is 0 Å². The summed E-state index contributed by atoms with van der Waals surface area (Å²) in [4.78, 5) is 12.1. The third kappa shape index (κ3) is 3.66. The molecular formula is C16H20N2O3. The zero-order valence-corrected chi connectivity index (χ0v) is 12.2. The van der Waals surface area contributed by atoms with Crippen molar-refractivity contribution in [3.63, 3.8) is 0 Å². The number of nitrogens with one attached hydrogen (secondary N) is 1. The first-order chi connectivity index (χ1) is 10.2. The molecule has 0 atom stereocenters.